The van der Waals surface area contributed by atoms with Gasteiger partial charge in [-0.25, -0.2) is 13.8 Å². The first kappa shape index (κ1) is 21.3. The minimum atomic E-state index is -3.91. The van der Waals surface area contributed by atoms with Gasteiger partial charge in [0.2, 0.25) is 0 Å². The molecule has 3 rings (SSSR count). The molecule has 0 saturated heterocycles. The average molecular weight is 422 g/mol. The van der Waals surface area contributed by atoms with E-state index in [0.717, 1.165) is 16.3 Å². The number of nitrogens with zero attached hydrogens (tertiary/aromatic N) is 2. The molecule has 1 N–H and O–H groups in total. The summed E-state index contributed by atoms with van der Waals surface area (Å²) in [6, 6.07) is 24.3. The van der Waals surface area contributed by atoms with E-state index in [1.54, 1.807) is 48.5 Å². The number of para-hydroxylation sites is 1. The number of carbonyl (C=O) groups excluding carboxylic acids is 1. The zero-order chi connectivity index (χ0) is 21.4. The van der Waals surface area contributed by atoms with Gasteiger partial charge in [0, 0.05) is 0 Å². The fourth-order valence-electron chi connectivity index (χ4n) is 2.81. The Balaban J connectivity index is 1.76. The molecule has 0 saturated carbocycles. The van der Waals surface area contributed by atoms with E-state index in [9.17, 15) is 13.2 Å². The highest BCUT2D eigenvalue weighted by Gasteiger charge is 2.26. The van der Waals surface area contributed by atoms with Gasteiger partial charge in [0.15, 0.2) is 0 Å². The van der Waals surface area contributed by atoms with Gasteiger partial charge in [-0.15, -0.1) is 0 Å². The van der Waals surface area contributed by atoms with E-state index >= 15 is 0 Å². The van der Waals surface area contributed by atoms with Crippen molar-refractivity contribution in [2.45, 2.75) is 18.2 Å². The Bertz CT molecular complexity index is 1100. The third kappa shape index (κ3) is 5.33. The van der Waals surface area contributed by atoms with E-state index in [1.165, 1.54) is 23.9 Å². The van der Waals surface area contributed by atoms with Crippen molar-refractivity contribution >= 4 is 27.8 Å². The lowest BCUT2D eigenvalue weighted by Crippen LogP contribution is -2.39. The van der Waals surface area contributed by atoms with E-state index in [4.69, 9.17) is 0 Å². The SMILES string of the molecule is CCc1ccc(/C=N/NC(=O)CN(c2ccccc2)S(=O)(=O)c2ccccc2)cc1. The van der Waals surface area contributed by atoms with E-state index in [1.807, 2.05) is 24.3 Å². The van der Waals surface area contributed by atoms with E-state index in [2.05, 4.69) is 17.5 Å². The molecule has 0 spiro atoms. The predicted octanol–water partition coefficient (Wildman–Crippen LogP) is 3.59. The average Bonchev–Trinajstić information content (AvgIpc) is 2.79. The van der Waals surface area contributed by atoms with Crippen LogP contribution in [-0.2, 0) is 21.2 Å². The van der Waals surface area contributed by atoms with Crippen molar-refractivity contribution in [3.8, 4) is 0 Å². The maximum absolute atomic E-state index is 13.1. The summed E-state index contributed by atoms with van der Waals surface area (Å²) in [7, 11) is -3.91. The molecule has 0 bridgehead atoms. The molecule has 6 nitrogen and oxygen atoms in total. The number of hydrazone groups is 1. The first-order chi connectivity index (χ1) is 14.5. The fourth-order valence-corrected chi connectivity index (χ4v) is 4.26. The van der Waals surface area contributed by atoms with Crippen LogP contribution in [0.2, 0.25) is 0 Å². The maximum Gasteiger partial charge on any atom is 0.264 e. The van der Waals surface area contributed by atoms with Gasteiger partial charge in [-0.3, -0.25) is 9.10 Å². The van der Waals surface area contributed by atoms with Crippen LogP contribution in [-0.4, -0.2) is 27.1 Å². The first-order valence-electron chi connectivity index (χ1n) is 9.54. The minimum Gasteiger partial charge on any atom is -0.271 e. The number of hydrogen-bond acceptors (Lipinski definition) is 4. The smallest absolute Gasteiger partial charge is 0.264 e. The molecule has 0 heterocycles. The molecular formula is C23H23N3O3S. The summed E-state index contributed by atoms with van der Waals surface area (Å²) in [6.07, 6.45) is 2.47. The number of amides is 1. The number of nitrogens with one attached hydrogen (secondary N) is 1. The molecule has 0 fully saturated rings. The van der Waals surface area contributed by atoms with Crippen molar-refractivity contribution in [2.75, 3.05) is 10.8 Å². The third-order valence-corrected chi connectivity index (χ3v) is 6.24. The van der Waals surface area contributed by atoms with Crippen LogP contribution in [0.5, 0.6) is 0 Å². The normalized spacial score (nSPS) is 11.4. The molecule has 0 aliphatic carbocycles. The highest BCUT2D eigenvalue weighted by molar-refractivity contribution is 7.92. The third-order valence-electron chi connectivity index (χ3n) is 4.45. The molecular weight excluding hydrogens is 398 g/mol. The summed E-state index contributed by atoms with van der Waals surface area (Å²) in [4.78, 5) is 12.6. The van der Waals surface area contributed by atoms with Crippen LogP contribution < -0.4 is 9.73 Å². The van der Waals surface area contributed by atoms with Crippen LogP contribution in [0.4, 0.5) is 5.69 Å². The highest BCUT2D eigenvalue weighted by atomic mass is 32.2. The topological polar surface area (TPSA) is 78.8 Å². The Morgan fingerprint density at radius 3 is 2.13 bits per heavy atom. The van der Waals surface area contributed by atoms with Crippen LogP contribution in [0.3, 0.4) is 0 Å². The van der Waals surface area contributed by atoms with Crippen LogP contribution in [0, 0.1) is 0 Å². The minimum absolute atomic E-state index is 0.112. The number of sulfonamides is 1. The number of benzene rings is 3. The Morgan fingerprint density at radius 2 is 1.53 bits per heavy atom. The van der Waals surface area contributed by atoms with Crippen molar-refractivity contribution < 1.29 is 13.2 Å². The van der Waals surface area contributed by atoms with Crippen molar-refractivity contribution in [2.24, 2.45) is 5.10 Å². The van der Waals surface area contributed by atoms with Gasteiger partial charge in [-0.2, -0.15) is 5.10 Å². The molecule has 0 radical (unpaired) electrons. The maximum atomic E-state index is 13.1. The summed E-state index contributed by atoms with van der Waals surface area (Å²) in [5.41, 5.74) is 4.85. The van der Waals surface area contributed by atoms with Gasteiger partial charge in [-0.1, -0.05) is 67.6 Å². The Labute approximate surface area is 176 Å². The lowest BCUT2D eigenvalue weighted by molar-refractivity contribution is -0.119. The van der Waals surface area contributed by atoms with Crippen LogP contribution in [0.1, 0.15) is 18.1 Å². The molecule has 0 aliphatic heterocycles. The Morgan fingerprint density at radius 1 is 0.933 bits per heavy atom. The summed E-state index contributed by atoms with van der Waals surface area (Å²) in [5.74, 6) is -0.542. The molecule has 3 aromatic carbocycles. The second-order valence-electron chi connectivity index (χ2n) is 6.55. The lowest BCUT2D eigenvalue weighted by atomic mass is 10.1. The molecule has 1 amide bonds. The van der Waals surface area contributed by atoms with Gasteiger partial charge < -0.3 is 0 Å². The summed E-state index contributed by atoms with van der Waals surface area (Å²) in [5, 5.41) is 3.95. The van der Waals surface area contributed by atoms with Gasteiger partial charge in [0.25, 0.3) is 15.9 Å². The Hall–Kier alpha value is -3.45. The van der Waals surface area contributed by atoms with Crippen molar-refractivity contribution in [1.29, 1.82) is 0 Å². The standard InChI is InChI=1S/C23H23N3O3S/c1-2-19-13-15-20(16-14-19)17-24-25-23(27)18-26(21-9-5-3-6-10-21)30(28,29)22-11-7-4-8-12-22/h3-17H,2,18H2,1H3,(H,25,27)/b24-17+. The zero-order valence-corrected chi connectivity index (χ0v) is 17.4. The van der Waals surface area contributed by atoms with Crippen LogP contribution in [0.15, 0.2) is 94.9 Å². The number of carbonyl (C=O) groups is 1. The van der Waals surface area contributed by atoms with Crippen LogP contribution in [0.25, 0.3) is 0 Å². The van der Waals surface area contributed by atoms with E-state index in [-0.39, 0.29) is 4.90 Å². The summed E-state index contributed by atoms with van der Waals surface area (Å²) in [6.45, 7) is 1.68. The zero-order valence-electron chi connectivity index (χ0n) is 16.6. The molecule has 0 aromatic heterocycles. The van der Waals surface area contributed by atoms with Gasteiger partial charge in [0.1, 0.15) is 6.54 Å². The second kappa shape index (κ2) is 9.84. The quantitative estimate of drug-likeness (QED) is 0.446. The van der Waals surface area contributed by atoms with E-state index < -0.39 is 22.5 Å². The molecule has 3 aromatic rings. The Kier molecular flexibility index (Phi) is 6.98. The molecule has 7 heteroatoms. The molecule has 0 aliphatic rings. The van der Waals surface area contributed by atoms with Crippen molar-refractivity contribution in [3.05, 3.63) is 96.1 Å². The number of rotatable bonds is 8. The fraction of sp³-hybridized carbons (Fsp3) is 0.130. The molecule has 0 atom stereocenters. The predicted molar refractivity (Wildman–Crippen MR) is 119 cm³/mol. The van der Waals surface area contributed by atoms with Gasteiger partial charge in [0.05, 0.1) is 16.8 Å². The highest BCUT2D eigenvalue weighted by Crippen LogP contribution is 2.23. The monoisotopic (exact) mass is 421 g/mol. The van der Waals surface area contributed by atoms with Crippen LogP contribution >= 0.6 is 0 Å². The van der Waals surface area contributed by atoms with Crippen molar-refractivity contribution in [1.82, 2.24) is 5.43 Å². The largest absolute Gasteiger partial charge is 0.271 e. The molecule has 30 heavy (non-hydrogen) atoms. The molecule has 0 unspecified atom stereocenters. The first-order valence-corrected chi connectivity index (χ1v) is 11.0. The molecule has 154 valence electrons. The second-order valence-corrected chi connectivity index (χ2v) is 8.41. The summed E-state index contributed by atoms with van der Waals surface area (Å²) >= 11 is 0. The number of aryl methyl sites for hydroxylation is 1. The van der Waals surface area contributed by atoms with E-state index in [0.29, 0.717) is 5.69 Å². The van der Waals surface area contributed by atoms with Crippen molar-refractivity contribution in [3.63, 3.8) is 0 Å². The lowest BCUT2D eigenvalue weighted by Gasteiger charge is -2.23. The number of anilines is 1. The number of hydrogen-bond donors (Lipinski definition) is 1. The van der Waals surface area contributed by atoms with Gasteiger partial charge in [-0.05, 0) is 41.8 Å². The van der Waals surface area contributed by atoms with Gasteiger partial charge >= 0.3 is 0 Å². The summed E-state index contributed by atoms with van der Waals surface area (Å²) < 4.78 is 27.3.